The molecule has 2 heterocycles. The summed E-state index contributed by atoms with van der Waals surface area (Å²) in [6.07, 6.45) is -0.954. The van der Waals surface area contributed by atoms with Crippen molar-refractivity contribution in [2.24, 2.45) is 0 Å². The quantitative estimate of drug-likeness (QED) is 0.341. The van der Waals surface area contributed by atoms with Crippen molar-refractivity contribution in [3.63, 3.8) is 0 Å². The molecule has 1 saturated heterocycles. The van der Waals surface area contributed by atoms with Crippen LogP contribution in [0.2, 0.25) is 0 Å². The Morgan fingerprint density at radius 3 is 2.48 bits per heavy atom. The lowest BCUT2D eigenvalue weighted by Crippen LogP contribution is -2.54. The molecular formula is C32H38F2N4O5S. The standard InChI is InChI=1S/C32H38F2N4O5S/c1-19-18-44-27(35-19)17-37(5)30(41)22-9-6-8-21(15-22)29(40)36-25(14-20-12-23(33)16-24(34)13-20)28(39)26-10-7-11-38(26)31(42)43-32(2,3)4/h6,8-9,12-13,15-16,18,25-26,28,39H,7,10-11,14,17H2,1-5H3,(H,36,40). The molecule has 0 bridgehead atoms. The van der Waals surface area contributed by atoms with E-state index in [9.17, 15) is 28.3 Å². The number of carbonyl (C=O) groups is 3. The normalized spacial score (nSPS) is 16.4. The molecule has 0 aliphatic carbocycles. The minimum Gasteiger partial charge on any atom is -0.444 e. The first-order chi connectivity index (χ1) is 20.7. The predicted molar refractivity (Wildman–Crippen MR) is 162 cm³/mol. The summed E-state index contributed by atoms with van der Waals surface area (Å²) < 4.78 is 33.6. The van der Waals surface area contributed by atoms with Gasteiger partial charge in [-0.2, -0.15) is 0 Å². The lowest BCUT2D eigenvalue weighted by Gasteiger charge is -2.35. The molecule has 9 nitrogen and oxygen atoms in total. The maximum Gasteiger partial charge on any atom is 0.410 e. The number of nitrogens with zero attached hydrogens (tertiary/aromatic N) is 3. The summed E-state index contributed by atoms with van der Waals surface area (Å²) in [7, 11) is 1.65. The van der Waals surface area contributed by atoms with Crippen molar-refractivity contribution >= 4 is 29.2 Å². The summed E-state index contributed by atoms with van der Waals surface area (Å²) in [5.74, 6) is -2.49. The van der Waals surface area contributed by atoms with E-state index in [1.807, 2.05) is 12.3 Å². The smallest absolute Gasteiger partial charge is 0.410 e. The highest BCUT2D eigenvalue weighted by atomic mass is 32.1. The van der Waals surface area contributed by atoms with Crippen LogP contribution in [0.4, 0.5) is 13.6 Å². The predicted octanol–water partition coefficient (Wildman–Crippen LogP) is 5.10. The number of hydrogen-bond donors (Lipinski definition) is 2. The third kappa shape index (κ3) is 8.60. The molecule has 0 spiro atoms. The average Bonchev–Trinajstić information content (AvgIpc) is 3.59. The van der Waals surface area contributed by atoms with Gasteiger partial charge in [0.2, 0.25) is 0 Å². The van der Waals surface area contributed by atoms with Gasteiger partial charge in [-0.1, -0.05) is 6.07 Å². The molecule has 2 N–H and O–H groups in total. The van der Waals surface area contributed by atoms with Crippen LogP contribution in [0.25, 0.3) is 0 Å². The van der Waals surface area contributed by atoms with E-state index >= 15 is 0 Å². The number of rotatable bonds is 9. The van der Waals surface area contributed by atoms with E-state index in [-0.39, 0.29) is 29.0 Å². The van der Waals surface area contributed by atoms with Gasteiger partial charge < -0.3 is 25.0 Å². The highest BCUT2D eigenvalue weighted by Crippen LogP contribution is 2.26. The second kappa shape index (κ2) is 13.8. The van der Waals surface area contributed by atoms with Crippen molar-refractivity contribution in [2.45, 2.75) is 77.3 Å². The Hall–Kier alpha value is -3.90. The number of nitrogens with one attached hydrogen (secondary N) is 1. The molecule has 3 aromatic rings. The zero-order valence-corrected chi connectivity index (χ0v) is 26.3. The first-order valence-electron chi connectivity index (χ1n) is 14.4. The summed E-state index contributed by atoms with van der Waals surface area (Å²) >= 11 is 1.45. The van der Waals surface area contributed by atoms with E-state index in [0.29, 0.717) is 25.9 Å². The molecule has 1 aliphatic rings. The van der Waals surface area contributed by atoms with Gasteiger partial charge in [0.1, 0.15) is 22.2 Å². The van der Waals surface area contributed by atoms with Crippen molar-refractivity contribution in [1.82, 2.24) is 20.1 Å². The fraction of sp³-hybridized carbons (Fsp3) is 0.438. The van der Waals surface area contributed by atoms with Crippen molar-refractivity contribution in [3.8, 4) is 0 Å². The number of amides is 3. The summed E-state index contributed by atoms with van der Waals surface area (Å²) in [4.78, 5) is 46.9. The molecule has 44 heavy (non-hydrogen) atoms. The SMILES string of the molecule is Cc1csc(CN(C)C(=O)c2cccc(C(=O)NC(Cc3cc(F)cc(F)c3)C(O)C3CCCN3C(=O)OC(C)(C)C)c2)n1. The minimum absolute atomic E-state index is 0.116. The Labute approximate surface area is 259 Å². The topological polar surface area (TPSA) is 112 Å². The van der Waals surface area contributed by atoms with Gasteiger partial charge in [-0.25, -0.2) is 18.6 Å². The molecule has 4 rings (SSSR count). The minimum atomic E-state index is -1.29. The number of thiazole rings is 1. The molecule has 1 aliphatic heterocycles. The third-order valence-corrected chi connectivity index (χ3v) is 8.14. The van der Waals surface area contributed by atoms with Gasteiger partial charge in [-0.05, 0) is 82.9 Å². The number of benzene rings is 2. The van der Waals surface area contributed by atoms with Crippen molar-refractivity contribution in [3.05, 3.63) is 86.9 Å². The maximum atomic E-state index is 14.1. The Morgan fingerprint density at radius 1 is 1.16 bits per heavy atom. The van der Waals surface area contributed by atoms with Crippen LogP contribution in [0.1, 0.15) is 70.6 Å². The summed E-state index contributed by atoms with van der Waals surface area (Å²) in [6.45, 7) is 7.76. The highest BCUT2D eigenvalue weighted by Gasteiger charge is 2.40. The van der Waals surface area contributed by atoms with Crippen molar-refractivity contribution < 1.29 is 33.0 Å². The van der Waals surface area contributed by atoms with Crippen LogP contribution in [0.5, 0.6) is 0 Å². The molecular weight excluding hydrogens is 590 g/mol. The fourth-order valence-corrected chi connectivity index (χ4v) is 6.04. The lowest BCUT2D eigenvalue weighted by atomic mass is 9.94. The second-order valence-corrected chi connectivity index (χ2v) is 13.0. The van der Waals surface area contributed by atoms with E-state index in [1.165, 1.54) is 33.3 Å². The number of halogens is 2. The van der Waals surface area contributed by atoms with Gasteiger partial charge in [-0.3, -0.25) is 9.59 Å². The van der Waals surface area contributed by atoms with Gasteiger partial charge in [0, 0.05) is 41.9 Å². The Balaban J connectivity index is 1.56. The molecule has 2 aromatic carbocycles. The van der Waals surface area contributed by atoms with Gasteiger partial charge >= 0.3 is 6.09 Å². The largest absolute Gasteiger partial charge is 0.444 e. The van der Waals surface area contributed by atoms with E-state index in [0.717, 1.165) is 28.9 Å². The Bertz CT molecular complexity index is 1490. The first-order valence-corrected chi connectivity index (χ1v) is 15.3. The van der Waals surface area contributed by atoms with E-state index in [1.54, 1.807) is 40.0 Å². The van der Waals surface area contributed by atoms with Crippen molar-refractivity contribution in [1.29, 1.82) is 0 Å². The zero-order valence-electron chi connectivity index (χ0n) is 25.5. The number of hydrogen-bond acceptors (Lipinski definition) is 7. The van der Waals surface area contributed by atoms with Crippen LogP contribution in [-0.2, 0) is 17.7 Å². The zero-order chi connectivity index (χ0) is 32.2. The van der Waals surface area contributed by atoms with E-state index in [4.69, 9.17) is 4.74 Å². The average molecular weight is 629 g/mol. The second-order valence-electron chi connectivity index (χ2n) is 12.1. The number of carbonyl (C=O) groups excluding carboxylic acids is 3. The molecule has 0 radical (unpaired) electrons. The number of aliphatic hydroxyl groups excluding tert-OH is 1. The molecule has 12 heteroatoms. The van der Waals surface area contributed by atoms with Crippen LogP contribution in [0.15, 0.2) is 47.8 Å². The van der Waals surface area contributed by atoms with Crippen molar-refractivity contribution in [2.75, 3.05) is 13.6 Å². The Morgan fingerprint density at radius 2 is 1.84 bits per heavy atom. The monoisotopic (exact) mass is 628 g/mol. The summed E-state index contributed by atoms with van der Waals surface area (Å²) in [5.41, 5.74) is 0.778. The van der Waals surface area contributed by atoms with Crippen LogP contribution in [0.3, 0.4) is 0 Å². The lowest BCUT2D eigenvalue weighted by molar-refractivity contribution is -0.00161. The highest BCUT2D eigenvalue weighted by molar-refractivity contribution is 7.09. The number of likely N-dealkylation sites (tertiary alicyclic amines) is 1. The molecule has 0 saturated carbocycles. The van der Waals surface area contributed by atoms with Crippen LogP contribution in [0, 0.1) is 18.6 Å². The van der Waals surface area contributed by atoms with Gasteiger partial charge in [0.15, 0.2) is 0 Å². The number of aromatic nitrogens is 1. The Kier molecular flexibility index (Phi) is 10.4. The molecule has 3 amide bonds. The molecule has 1 aromatic heterocycles. The maximum absolute atomic E-state index is 14.1. The third-order valence-electron chi connectivity index (χ3n) is 7.19. The molecule has 3 atom stereocenters. The van der Waals surface area contributed by atoms with Gasteiger partial charge in [0.05, 0.1) is 24.7 Å². The molecule has 3 unspecified atom stereocenters. The van der Waals surface area contributed by atoms with E-state index < -0.39 is 47.4 Å². The molecule has 236 valence electrons. The van der Waals surface area contributed by atoms with Crippen LogP contribution < -0.4 is 5.32 Å². The van der Waals surface area contributed by atoms with Gasteiger partial charge in [0.25, 0.3) is 11.8 Å². The number of aryl methyl sites for hydroxylation is 1. The van der Waals surface area contributed by atoms with E-state index in [2.05, 4.69) is 10.3 Å². The molecule has 1 fully saturated rings. The number of aliphatic hydroxyl groups is 1. The summed E-state index contributed by atoms with van der Waals surface area (Å²) in [5, 5.41) is 17.0. The van der Waals surface area contributed by atoms with Gasteiger partial charge in [-0.15, -0.1) is 11.3 Å². The van der Waals surface area contributed by atoms with Crippen LogP contribution in [-0.4, -0.2) is 75.2 Å². The van der Waals surface area contributed by atoms with Crippen LogP contribution >= 0.6 is 11.3 Å². The first kappa shape index (κ1) is 33.0. The summed E-state index contributed by atoms with van der Waals surface area (Å²) in [6, 6.07) is 7.43. The fourth-order valence-electron chi connectivity index (χ4n) is 5.22. The number of ether oxygens (including phenoxy) is 1.